The third kappa shape index (κ3) is 3.71. The fourth-order valence-electron chi connectivity index (χ4n) is 5.24. The van der Waals surface area contributed by atoms with Gasteiger partial charge in [-0.2, -0.15) is 0 Å². The van der Waals surface area contributed by atoms with Crippen LogP contribution in [0.5, 0.6) is 0 Å². The van der Waals surface area contributed by atoms with E-state index in [1.807, 2.05) is 36.4 Å². The molecule has 0 radical (unpaired) electrons. The first kappa shape index (κ1) is 20.8. The first-order valence-electron chi connectivity index (χ1n) is 12.2. The summed E-state index contributed by atoms with van der Waals surface area (Å²) in [6.07, 6.45) is 5.24. The van der Waals surface area contributed by atoms with Gasteiger partial charge in [0.15, 0.2) is 5.65 Å². The van der Waals surface area contributed by atoms with Gasteiger partial charge in [-0.1, -0.05) is 48.5 Å². The van der Waals surface area contributed by atoms with E-state index in [2.05, 4.69) is 47.1 Å². The van der Waals surface area contributed by atoms with E-state index in [0.29, 0.717) is 13.0 Å². The highest BCUT2D eigenvalue weighted by Crippen LogP contribution is 2.29. The summed E-state index contributed by atoms with van der Waals surface area (Å²) in [6.45, 7) is 2.63. The van der Waals surface area contributed by atoms with Crippen LogP contribution in [0.15, 0.2) is 66.7 Å². The average Bonchev–Trinajstić information content (AvgIpc) is 3.18. The number of rotatable bonds is 5. The Hall–Kier alpha value is -3.73. The Kier molecular flexibility index (Phi) is 5.25. The van der Waals surface area contributed by atoms with E-state index in [0.717, 1.165) is 39.5 Å². The number of amides is 1. The van der Waals surface area contributed by atoms with Crippen LogP contribution in [0, 0.1) is 0 Å². The van der Waals surface area contributed by atoms with Gasteiger partial charge in [-0.3, -0.25) is 4.79 Å². The predicted molar refractivity (Wildman–Crippen MR) is 137 cm³/mol. The lowest BCUT2D eigenvalue weighted by molar-refractivity contribution is -0.121. The van der Waals surface area contributed by atoms with Crippen molar-refractivity contribution < 1.29 is 4.79 Å². The van der Waals surface area contributed by atoms with Crippen LogP contribution in [0.2, 0.25) is 0 Å². The Morgan fingerprint density at radius 2 is 1.68 bits per heavy atom. The van der Waals surface area contributed by atoms with Gasteiger partial charge in [0.2, 0.25) is 5.91 Å². The first-order valence-corrected chi connectivity index (χ1v) is 12.2. The van der Waals surface area contributed by atoms with Crippen molar-refractivity contribution >= 4 is 39.0 Å². The molecule has 5 nitrogen and oxygen atoms in total. The minimum absolute atomic E-state index is 0.0124. The van der Waals surface area contributed by atoms with E-state index in [-0.39, 0.29) is 11.9 Å². The second-order valence-corrected chi connectivity index (χ2v) is 9.33. The molecule has 34 heavy (non-hydrogen) atoms. The summed E-state index contributed by atoms with van der Waals surface area (Å²) in [5.74, 6) is 0.0462. The van der Waals surface area contributed by atoms with Crippen molar-refractivity contribution in [3.63, 3.8) is 0 Å². The van der Waals surface area contributed by atoms with Gasteiger partial charge >= 0.3 is 0 Å². The third-order valence-electron chi connectivity index (χ3n) is 7.07. The minimum atomic E-state index is -0.0124. The number of aryl methyl sites for hydroxylation is 3. The smallest absolute Gasteiger partial charge is 0.222 e. The summed E-state index contributed by atoms with van der Waals surface area (Å²) in [7, 11) is 0. The highest BCUT2D eigenvalue weighted by Gasteiger charge is 2.17. The lowest BCUT2D eigenvalue weighted by Crippen LogP contribution is -2.27. The van der Waals surface area contributed by atoms with Gasteiger partial charge in [0.05, 0.1) is 22.6 Å². The third-order valence-corrected chi connectivity index (χ3v) is 7.07. The van der Waals surface area contributed by atoms with Crippen LogP contribution < -0.4 is 5.32 Å². The van der Waals surface area contributed by atoms with Gasteiger partial charge in [0.1, 0.15) is 5.52 Å². The van der Waals surface area contributed by atoms with Crippen molar-refractivity contribution in [1.82, 2.24) is 19.9 Å². The number of carbonyl (C=O) groups is 1. The van der Waals surface area contributed by atoms with Crippen LogP contribution in [-0.2, 0) is 24.2 Å². The van der Waals surface area contributed by atoms with E-state index in [9.17, 15) is 4.79 Å². The SMILES string of the molecule is CC(NC(=O)CCn1c2ccccc2c2nc3ccccc3nc21)c1ccc2c(c1)CCCC2. The molecule has 0 saturated heterocycles. The summed E-state index contributed by atoms with van der Waals surface area (Å²) in [5, 5.41) is 4.27. The molecule has 0 spiro atoms. The highest BCUT2D eigenvalue weighted by molar-refractivity contribution is 6.06. The quantitative estimate of drug-likeness (QED) is 0.365. The number of hydrogen-bond donors (Lipinski definition) is 1. The highest BCUT2D eigenvalue weighted by atomic mass is 16.1. The van der Waals surface area contributed by atoms with Crippen LogP contribution in [0.4, 0.5) is 0 Å². The summed E-state index contributed by atoms with van der Waals surface area (Å²) >= 11 is 0. The van der Waals surface area contributed by atoms with Gasteiger partial charge in [0, 0.05) is 18.4 Å². The zero-order valence-electron chi connectivity index (χ0n) is 19.4. The maximum atomic E-state index is 12.9. The summed E-state index contributed by atoms with van der Waals surface area (Å²) in [4.78, 5) is 22.7. The Balaban J connectivity index is 1.24. The summed E-state index contributed by atoms with van der Waals surface area (Å²) in [6, 6.07) is 22.8. The van der Waals surface area contributed by atoms with Crippen molar-refractivity contribution in [3.8, 4) is 0 Å². The minimum Gasteiger partial charge on any atom is -0.350 e. The number of para-hydroxylation sites is 3. The lowest BCUT2D eigenvalue weighted by Gasteiger charge is -2.20. The molecule has 0 fully saturated rings. The maximum Gasteiger partial charge on any atom is 0.222 e. The molecule has 2 aromatic heterocycles. The molecule has 1 atom stereocenters. The molecule has 0 bridgehead atoms. The molecule has 0 saturated carbocycles. The molecule has 5 aromatic rings. The second-order valence-electron chi connectivity index (χ2n) is 9.33. The molecular formula is C29H28N4O. The van der Waals surface area contributed by atoms with Crippen LogP contribution in [0.1, 0.15) is 48.9 Å². The van der Waals surface area contributed by atoms with Crippen molar-refractivity contribution in [1.29, 1.82) is 0 Å². The van der Waals surface area contributed by atoms with Crippen molar-refractivity contribution in [2.75, 3.05) is 0 Å². The molecule has 1 aliphatic carbocycles. The Morgan fingerprint density at radius 3 is 2.53 bits per heavy atom. The van der Waals surface area contributed by atoms with E-state index < -0.39 is 0 Å². The molecule has 5 heteroatoms. The molecule has 3 aromatic carbocycles. The van der Waals surface area contributed by atoms with Crippen LogP contribution >= 0.6 is 0 Å². The van der Waals surface area contributed by atoms with Crippen molar-refractivity contribution in [2.45, 2.75) is 51.6 Å². The van der Waals surface area contributed by atoms with Crippen LogP contribution in [0.25, 0.3) is 33.1 Å². The molecule has 1 amide bonds. The van der Waals surface area contributed by atoms with Crippen molar-refractivity contribution in [3.05, 3.63) is 83.4 Å². The normalized spacial score (nSPS) is 14.4. The Bertz CT molecular complexity index is 1530. The number of nitrogens with zero attached hydrogens (tertiary/aromatic N) is 3. The summed E-state index contributed by atoms with van der Waals surface area (Å²) in [5.41, 5.74) is 8.62. The van der Waals surface area contributed by atoms with Gasteiger partial charge in [0.25, 0.3) is 0 Å². The number of benzene rings is 3. The molecule has 1 N–H and O–H groups in total. The Morgan fingerprint density at radius 1 is 0.941 bits per heavy atom. The zero-order valence-corrected chi connectivity index (χ0v) is 19.4. The van der Waals surface area contributed by atoms with Crippen molar-refractivity contribution in [2.24, 2.45) is 0 Å². The molecule has 2 heterocycles. The van der Waals surface area contributed by atoms with E-state index in [4.69, 9.17) is 9.97 Å². The molecular weight excluding hydrogens is 420 g/mol. The Labute approximate surface area is 198 Å². The first-order chi connectivity index (χ1) is 16.7. The lowest BCUT2D eigenvalue weighted by atomic mass is 9.89. The summed E-state index contributed by atoms with van der Waals surface area (Å²) < 4.78 is 2.13. The number of aromatic nitrogens is 3. The van der Waals surface area contributed by atoms with Gasteiger partial charge in [-0.05, 0) is 67.5 Å². The van der Waals surface area contributed by atoms with Gasteiger partial charge in [-0.25, -0.2) is 9.97 Å². The van der Waals surface area contributed by atoms with E-state index in [1.54, 1.807) is 0 Å². The fraction of sp³-hybridized carbons (Fsp3) is 0.276. The van der Waals surface area contributed by atoms with Crippen LogP contribution in [0.3, 0.4) is 0 Å². The van der Waals surface area contributed by atoms with Gasteiger partial charge in [-0.15, -0.1) is 0 Å². The van der Waals surface area contributed by atoms with E-state index in [1.165, 1.54) is 36.0 Å². The fourth-order valence-corrected chi connectivity index (χ4v) is 5.24. The second kappa shape index (κ2) is 8.56. The average molecular weight is 449 g/mol. The number of hydrogen-bond acceptors (Lipinski definition) is 3. The number of fused-ring (bicyclic) bond motifs is 5. The predicted octanol–water partition coefficient (Wildman–Crippen LogP) is 5.88. The largest absolute Gasteiger partial charge is 0.350 e. The van der Waals surface area contributed by atoms with Crippen LogP contribution in [-0.4, -0.2) is 20.4 Å². The topological polar surface area (TPSA) is 59.8 Å². The molecule has 1 aliphatic rings. The molecule has 170 valence electrons. The number of carbonyl (C=O) groups excluding carboxylic acids is 1. The zero-order chi connectivity index (χ0) is 23.1. The maximum absolute atomic E-state index is 12.9. The molecule has 1 unspecified atom stereocenters. The van der Waals surface area contributed by atoms with E-state index >= 15 is 0 Å². The number of nitrogens with one attached hydrogen (secondary N) is 1. The monoisotopic (exact) mass is 448 g/mol. The molecule has 6 rings (SSSR count). The molecule has 0 aliphatic heterocycles. The standard InChI is InChI=1S/C29H28N4O/c1-19(21-15-14-20-8-2-3-9-22(20)18-21)30-27(34)16-17-33-26-13-7-4-10-23(26)28-29(33)32-25-12-6-5-11-24(25)31-28/h4-7,10-15,18-19H,2-3,8-9,16-17H2,1H3,(H,30,34). The van der Waals surface area contributed by atoms with Gasteiger partial charge < -0.3 is 9.88 Å².